The molecule has 0 unspecified atom stereocenters. The highest BCUT2D eigenvalue weighted by Crippen LogP contribution is 2.34. The van der Waals surface area contributed by atoms with Gasteiger partial charge in [-0.2, -0.15) is 0 Å². The second-order valence-electron chi connectivity index (χ2n) is 6.43. The Bertz CT molecular complexity index is 930. The molecule has 0 atom stereocenters. The van der Waals surface area contributed by atoms with E-state index in [1.165, 1.54) is 4.90 Å². The standard InChI is InChI=1S/C20H21BrN2O2S/c1-5-8-22-19(24)18(26-20(22)25)11-15-10-13(3)23(14(15)4)16-6-7-17(21)12(2)9-16/h6-7,9-11H,5,8H2,1-4H3/b18-11-. The van der Waals surface area contributed by atoms with Crippen LogP contribution in [0.5, 0.6) is 0 Å². The fourth-order valence-corrected chi connectivity index (χ4v) is 4.26. The van der Waals surface area contributed by atoms with E-state index < -0.39 is 0 Å². The Morgan fingerprint density at radius 1 is 1.15 bits per heavy atom. The van der Waals surface area contributed by atoms with E-state index in [9.17, 15) is 9.59 Å². The lowest BCUT2D eigenvalue weighted by molar-refractivity contribution is -0.122. The lowest BCUT2D eigenvalue weighted by Crippen LogP contribution is -2.28. The van der Waals surface area contributed by atoms with E-state index >= 15 is 0 Å². The number of aromatic nitrogens is 1. The van der Waals surface area contributed by atoms with Gasteiger partial charge in [0.05, 0.1) is 4.91 Å². The molecule has 1 aliphatic rings. The number of amides is 2. The molecule has 0 spiro atoms. The van der Waals surface area contributed by atoms with Crippen LogP contribution in [0.15, 0.2) is 33.6 Å². The molecule has 2 heterocycles. The number of hydrogen-bond acceptors (Lipinski definition) is 3. The first-order chi connectivity index (χ1) is 12.3. The number of halogens is 1. The summed E-state index contributed by atoms with van der Waals surface area (Å²) in [6.07, 6.45) is 2.61. The molecule has 0 radical (unpaired) electrons. The first-order valence-corrected chi connectivity index (χ1v) is 10.1. The molecule has 1 aliphatic heterocycles. The summed E-state index contributed by atoms with van der Waals surface area (Å²) in [6.45, 7) is 8.57. The maximum absolute atomic E-state index is 12.5. The first-order valence-electron chi connectivity index (χ1n) is 8.54. The van der Waals surface area contributed by atoms with Gasteiger partial charge in [0.2, 0.25) is 0 Å². The number of benzene rings is 1. The molecule has 1 aromatic carbocycles. The predicted octanol–water partition coefficient (Wildman–Crippen LogP) is 5.61. The minimum atomic E-state index is -0.189. The zero-order valence-electron chi connectivity index (χ0n) is 15.3. The van der Waals surface area contributed by atoms with E-state index in [0.29, 0.717) is 11.4 Å². The molecule has 3 rings (SSSR count). The van der Waals surface area contributed by atoms with Crippen molar-refractivity contribution in [2.45, 2.75) is 34.1 Å². The molecule has 136 valence electrons. The number of aryl methyl sites for hydroxylation is 2. The monoisotopic (exact) mass is 432 g/mol. The number of carbonyl (C=O) groups is 2. The van der Waals surface area contributed by atoms with Crippen LogP contribution in [0.4, 0.5) is 4.79 Å². The molecule has 26 heavy (non-hydrogen) atoms. The maximum atomic E-state index is 12.5. The van der Waals surface area contributed by atoms with Gasteiger partial charge in [0, 0.05) is 28.1 Å². The van der Waals surface area contributed by atoms with Crippen LogP contribution in [-0.2, 0) is 4.79 Å². The Morgan fingerprint density at radius 2 is 1.88 bits per heavy atom. The van der Waals surface area contributed by atoms with Crippen LogP contribution in [0.25, 0.3) is 11.8 Å². The number of thioether (sulfide) groups is 1. The normalized spacial score (nSPS) is 16.2. The number of rotatable bonds is 4. The van der Waals surface area contributed by atoms with Crippen molar-refractivity contribution < 1.29 is 9.59 Å². The van der Waals surface area contributed by atoms with Crippen LogP contribution in [0, 0.1) is 20.8 Å². The second kappa shape index (κ2) is 7.45. The summed E-state index contributed by atoms with van der Waals surface area (Å²) in [7, 11) is 0. The summed E-state index contributed by atoms with van der Waals surface area (Å²) in [5.74, 6) is -0.189. The fraction of sp³-hybridized carbons (Fsp3) is 0.300. The van der Waals surface area contributed by atoms with Crippen LogP contribution in [0.3, 0.4) is 0 Å². The third kappa shape index (κ3) is 3.40. The van der Waals surface area contributed by atoms with Crippen molar-refractivity contribution in [1.82, 2.24) is 9.47 Å². The van der Waals surface area contributed by atoms with Crippen LogP contribution in [-0.4, -0.2) is 27.2 Å². The van der Waals surface area contributed by atoms with E-state index in [1.807, 2.05) is 32.9 Å². The highest BCUT2D eigenvalue weighted by molar-refractivity contribution is 9.10. The molecule has 6 heteroatoms. The average molecular weight is 433 g/mol. The molecule has 0 bridgehead atoms. The second-order valence-corrected chi connectivity index (χ2v) is 8.28. The Morgan fingerprint density at radius 3 is 2.54 bits per heavy atom. The minimum absolute atomic E-state index is 0.180. The van der Waals surface area contributed by atoms with Crippen molar-refractivity contribution in [3.05, 3.63) is 56.2 Å². The molecule has 0 saturated carbocycles. The van der Waals surface area contributed by atoms with Crippen molar-refractivity contribution in [3.63, 3.8) is 0 Å². The predicted molar refractivity (Wildman–Crippen MR) is 111 cm³/mol. The van der Waals surface area contributed by atoms with Gasteiger partial charge in [-0.05, 0) is 80.4 Å². The van der Waals surface area contributed by atoms with Crippen LogP contribution in [0.2, 0.25) is 0 Å². The first kappa shape index (κ1) is 19.0. The molecule has 1 fully saturated rings. The third-order valence-corrected chi connectivity index (χ3v) is 6.27. The van der Waals surface area contributed by atoms with E-state index in [4.69, 9.17) is 0 Å². The zero-order chi connectivity index (χ0) is 19.0. The van der Waals surface area contributed by atoms with Crippen molar-refractivity contribution in [2.24, 2.45) is 0 Å². The summed E-state index contributed by atoms with van der Waals surface area (Å²) in [5.41, 5.74) is 5.34. The molecule has 2 aromatic rings. The summed E-state index contributed by atoms with van der Waals surface area (Å²) in [5, 5.41) is -0.180. The Balaban J connectivity index is 2.00. The molecule has 1 aromatic heterocycles. The largest absolute Gasteiger partial charge is 0.318 e. The van der Waals surface area contributed by atoms with E-state index in [2.05, 4.69) is 45.6 Å². The summed E-state index contributed by atoms with van der Waals surface area (Å²) < 4.78 is 3.25. The zero-order valence-corrected chi connectivity index (χ0v) is 17.7. The van der Waals surface area contributed by atoms with Gasteiger partial charge in [-0.1, -0.05) is 22.9 Å². The van der Waals surface area contributed by atoms with Gasteiger partial charge in [-0.15, -0.1) is 0 Å². The maximum Gasteiger partial charge on any atom is 0.293 e. The molecular formula is C20H21BrN2O2S. The molecule has 2 amide bonds. The van der Waals surface area contributed by atoms with Gasteiger partial charge in [-0.3, -0.25) is 14.5 Å². The molecule has 0 aliphatic carbocycles. The van der Waals surface area contributed by atoms with Crippen molar-refractivity contribution in [2.75, 3.05) is 6.54 Å². The smallest absolute Gasteiger partial charge is 0.293 e. The van der Waals surface area contributed by atoms with E-state index in [1.54, 1.807) is 0 Å². The summed E-state index contributed by atoms with van der Waals surface area (Å²) >= 11 is 4.56. The molecule has 4 nitrogen and oxygen atoms in total. The topological polar surface area (TPSA) is 42.3 Å². The lowest BCUT2D eigenvalue weighted by Gasteiger charge is -2.11. The average Bonchev–Trinajstić information content (AvgIpc) is 3.01. The number of carbonyl (C=O) groups excluding carboxylic acids is 2. The van der Waals surface area contributed by atoms with Gasteiger partial charge >= 0.3 is 0 Å². The number of hydrogen-bond donors (Lipinski definition) is 0. The molecule has 0 N–H and O–H groups in total. The quantitative estimate of drug-likeness (QED) is 0.589. The molecular weight excluding hydrogens is 412 g/mol. The van der Waals surface area contributed by atoms with Gasteiger partial charge in [0.1, 0.15) is 0 Å². The summed E-state index contributed by atoms with van der Waals surface area (Å²) in [4.78, 5) is 26.3. The summed E-state index contributed by atoms with van der Waals surface area (Å²) in [6, 6.07) is 8.29. The van der Waals surface area contributed by atoms with Gasteiger partial charge < -0.3 is 4.57 Å². The van der Waals surface area contributed by atoms with Crippen LogP contribution >= 0.6 is 27.7 Å². The van der Waals surface area contributed by atoms with Crippen molar-refractivity contribution >= 4 is 44.9 Å². The Hall–Kier alpha value is -1.79. The SMILES string of the molecule is CCCN1C(=O)S/C(=C\c2cc(C)n(-c3ccc(Br)c(C)c3)c2C)C1=O. The highest BCUT2D eigenvalue weighted by Gasteiger charge is 2.34. The van der Waals surface area contributed by atoms with E-state index in [-0.39, 0.29) is 11.1 Å². The van der Waals surface area contributed by atoms with Gasteiger partial charge in [0.15, 0.2) is 0 Å². The van der Waals surface area contributed by atoms with Crippen molar-refractivity contribution in [3.8, 4) is 5.69 Å². The van der Waals surface area contributed by atoms with Gasteiger partial charge in [-0.25, -0.2) is 0 Å². The van der Waals surface area contributed by atoms with Crippen LogP contribution < -0.4 is 0 Å². The minimum Gasteiger partial charge on any atom is -0.318 e. The van der Waals surface area contributed by atoms with Crippen LogP contribution in [0.1, 0.15) is 35.9 Å². The Labute approximate surface area is 166 Å². The van der Waals surface area contributed by atoms with Gasteiger partial charge in [0.25, 0.3) is 11.1 Å². The fourth-order valence-electron chi connectivity index (χ4n) is 3.16. The van der Waals surface area contributed by atoms with E-state index in [0.717, 1.165) is 50.9 Å². The number of nitrogens with zero attached hydrogens (tertiary/aromatic N) is 2. The Kier molecular flexibility index (Phi) is 5.44. The molecule has 1 saturated heterocycles. The lowest BCUT2D eigenvalue weighted by atomic mass is 10.2. The number of imide groups is 1. The van der Waals surface area contributed by atoms with Crippen molar-refractivity contribution in [1.29, 1.82) is 0 Å². The highest BCUT2D eigenvalue weighted by atomic mass is 79.9. The third-order valence-electron chi connectivity index (χ3n) is 4.48.